The average Bonchev–Trinajstić information content (AvgIpc) is 2.34. The molecule has 0 fully saturated rings. The maximum absolute atomic E-state index is 7.24. The number of methoxy groups -OCH3 is 1. The van der Waals surface area contributed by atoms with Crippen LogP contribution in [0.2, 0.25) is 4.34 Å². The van der Waals surface area contributed by atoms with Crippen molar-refractivity contribution >= 4 is 28.8 Å². The molecule has 0 atom stereocenters. The molecule has 0 spiro atoms. The summed E-state index contributed by atoms with van der Waals surface area (Å²) in [5.74, 6) is 0.117. The van der Waals surface area contributed by atoms with Crippen LogP contribution in [-0.2, 0) is 4.74 Å². The van der Waals surface area contributed by atoms with E-state index >= 15 is 0 Å². The smallest absolute Gasteiger partial charge is 0.215 e. The second kappa shape index (κ2) is 3.03. The number of halogens is 1. The van der Waals surface area contributed by atoms with Gasteiger partial charge in [-0.05, 0) is 11.4 Å². The fraction of sp³-hybridized carbons (Fsp3) is 0.167. The number of rotatable bonds is 1. The third kappa shape index (κ3) is 1.30. The fourth-order valence-corrected chi connectivity index (χ4v) is 1.48. The van der Waals surface area contributed by atoms with E-state index in [1.807, 2.05) is 5.38 Å². The first-order valence-electron chi connectivity index (χ1n) is 2.61. The van der Waals surface area contributed by atoms with Gasteiger partial charge in [0, 0.05) is 0 Å². The van der Waals surface area contributed by atoms with Gasteiger partial charge in [-0.1, -0.05) is 11.6 Å². The average molecular weight is 176 g/mol. The maximum atomic E-state index is 7.24. The first-order chi connectivity index (χ1) is 4.75. The minimum atomic E-state index is 0.117. The van der Waals surface area contributed by atoms with Gasteiger partial charge in [0.1, 0.15) is 4.34 Å². The molecule has 10 heavy (non-hydrogen) atoms. The Balaban J connectivity index is 2.93. The molecule has 1 aromatic rings. The van der Waals surface area contributed by atoms with Crippen LogP contribution in [0.15, 0.2) is 11.4 Å². The fourth-order valence-electron chi connectivity index (χ4n) is 0.566. The number of nitrogens with one attached hydrogen (secondary N) is 1. The van der Waals surface area contributed by atoms with Crippen LogP contribution in [0.1, 0.15) is 5.56 Å². The van der Waals surface area contributed by atoms with Crippen LogP contribution in [0.25, 0.3) is 0 Å². The lowest BCUT2D eigenvalue weighted by Crippen LogP contribution is -1.98. The van der Waals surface area contributed by atoms with Gasteiger partial charge in [0.15, 0.2) is 0 Å². The van der Waals surface area contributed by atoms with Crippen molar-refractivity contribution in [2.24, 2.45) is 0 Å². The highest BCUT2D eigenvalue weighted by atomic mass is 35.5. The topological polar surface area (TPSA) is 33.1 Å². The summed E-state index contributed by atoms with van der Waals surface area (Å²) in [6.07, 6.45) is 0. The van der Waals surface area contributed by atoms with E-state index in [2.05, 4.69) is 4.74 Å². The number of thiophene rings is 1. The molecule has 0 aliphatic rings. The molecule has 0 radical (unpaired) electrons. The van der Waals surface area contributed by atoms with Crippen LogP contribution in [0.3, 0.4) is 0 Å². The van der Waals surface area contributed by atoms with Crippen LogP contribution < -0.4 is 0 Å². The lowest BCUT2D eigenvalue weighted by Gasteiger charge is -1.97. The molecule has 0 aromatic carbocycles. The van der Waals surface area contributed by atoms with Gasteiger partial charge < -0.3 is 4.74 Å². The molecule has 4 heteroatoms. The molecule has 0 aliphatic carbocycles. The Labute approximate surface area is 67.9 Å². The Kier molecular flexibility index (Phi) is 2.29. The van der Waals surface area contributed by atoms with Crippen molar-refractivity contribution in [3.8, 4) is 0 Å². The predicted molar refractivity (Wildman–Crippen MR) is 43.2 cm³/mol. The van der Waals surface area contributed by atoms with E-state index in [1.165, 1.54) is 18.4 Å². The van der Waals surface area contributed by atoms with Crippen LogP contribution in [0.4, 0.5) is 0 Å². The Morgan fingerprint density at radius 1 is 1.80 bits per heavy atom. The van der Waals surface area contributed by atoms with E-state index in [-0.39, 0.29) is 5.90 Å². The van der Waals surface area contributed by atoms with Gasteiger partial charge in [0.2, 0.25) is 5.90 Å². The molecule has 1 rings (SSSR count). The standard InChI is InChI=1S/C6H6ClNOS/c1-9-6(8)4-2-3-10-5(4)7/h2-3,8H,1H3. The molecule has 0 aliphatic heterocycles. The lowest BCUT2D eigenvalue weighted by atomic mass is 10.3. The van der Waals surface area contributed by atoms with Crippen LogP contribution in [0.5, 0.6) is 0 Å². The van der Waals surface area contributed by atoms with Crippen molar-refractivity contribution in [1.82, 2.24) is 0 Å². The van der Waals surface area contributed by atoms with Gasteiger partial charge in [-0.2, -0.15) is 0 Å². The van der Waals surface area contributed by atoms with E-state index in [4.69, 9.17) is 17.0 Å². The zero-order valence-corrected chi connectivity index (χ0v) is 6.92. The van der Waals surface area contributed by atoms with Gasteiger partial charge in [-0.15, -0.1) is 11.3 Å². The molecule has 2 nitrogen and oxygen atoms in total. The van der Waals surface area contributed by atoms with Crippen LogP contribution >= 0.6 is 22.9 Å². The molecule has 0 saturated carbocycles. The zero-order valence-electron chi connectivity index (χ0n) is 5.35. The van der Waals surface area contributed by atoms with Gasteiger partial charge >= 0.3 is 0 Å². The SMILES string of the molecule is COC(=N)c1ccsc1Cl. The maximum Gasteiger partial charge on any atom is 0.215 e. The van der Waals surface area contributed by atoms with E-state index in [0.29, 0.717) is 9.90 Å². The minimum Gasteiger partial charge on any atom is -0.481 e. The Morgan fingerprint density at radius 3 is 2.90 bits per heavy atom. The summed E-state index contributed by atoms with van der Waals surface area (Å²) < 4.78 is 5.28. The third-order valence-electron chi connectivity index (χ3n) is 1.07. The molecule has 0 amide bonds. The normalized spacial score (nSPS) is 9.40. The van der Waals surface area contributed by atoms with Gasteiger partial charge in [0.05, 0.1) is 12.7 Å². The van der Waals surface area contributed by atoms with Crippen molar-refractivity contribution in [2.75, 3.05) is 7.11 Å². The van der Waals surface area contributed by atoms with E-state index < -0.39 is 0 Å². The van der Waals surface area contributed by atoms with Crippen LogP contribution in [0, 0.1) is 5.41 Å². The molecular formula is C6H6ClNOS. The summed E-state index contributed by atoms with van der Waals surface area (Å²) in [4.78, 5) is 0. The Hall–Kier alpha value is -0.540. The zero-order chi connectivity index (χ0) is 7.56. The van der Waals surface area contributed by atoms with E-state index in [0.717, 1.165) is 0 Å². The van der Waals surface area contributed by atoms with Crippen molar-refractivity contribution in [3.05, 3.63) is 21.3 Å². The first-order valence-corrected chi connectivity index (χ1v) is 3.87. The molecular weight excluding hydrogens is 170 g/mol. The van der Waals surface area contributed by atoms with Crippen molar-refractivity contribution in [1.29, 1.82) is 5.41 Å². The quantitative estimate of drug-likeness (QED) is 0.516. The predicted octanol–water partition coefficient (Wildman–Crippen LogP) is 2.37. The molecule has 0 saturated heterocycles. The Morgan fingerprint density at radius 2 is 2.50 bits per heavy atom. The van der Waals surface area contributed by atoms with Crippen LogP contribution in [-0.4, -0.2) is 13.0 Å². The summed E-state index contributed by atoms with van der Waals surface area (Å²) in [5.41, 5.74) is 0.661. The molecule has 54 valence electrons. The van der Waals surface area contributed by atoms with Crippen molar-refractivity contribution < 1.29 is 4.74 Å². The summed E-state index contributed by atoms with van der Waals surface area (Å²) in [6.45, 7) is 0. The molecule has 1 aromatic heterocycles. The summed E-state index contributed by atoms with van der Waals surface area (Å²) in [7, 11) is 1.45. The highest BCUT2D eigenvalue weighted by Crippen LogP contribution is 2.22. The lowest BCUT2D eigenvalue weighted by molar-refractivity contribution is 0.401. The third-order valence-corrected chi connectivity index (χ3v) is 2.24. The molecule has 1 N–H and O–H groups in total. The number of hydrogen-bond acceptors (Lipinski definition) is 3. The second-order valence-corrected chi connectivity index (χ2v) is 3.16. The van der Waals surface area contributed by atoms with E-state index in [9.17, 15) is 0 Å². The molecule has 0 bridgehead atoms. The monoisotopic (exact) mass is 175 g/mol. The summed E-state index contributed by atoms with van der Waals surface area (Å²) in [6, 6.07) is 1.76. The van der Waals surface area contributed by atoms with Gasteiger partial charge in [-0.3, -0.25) is 5.41 Å². The Bertz CT molecular complexity index is 246. The number of hydrogen-bond donors (Lipinski definition) is 1. The minimum absolute atomic E-state index is 0.117. The van der Waals surface area contributed by atoms with Gasteiger partial charge in [0.25, 0.3) is 0 Å². The van der Waals surface area contributed by atoms with E-state index in [1.54, 1.807) is 6.07 Å². The summed E-state index contributed by atoms with van der Waals surface area (Å²) >= 11 is 7.10. The largest absolute Gasteiger partial charge is 0.481 e. The highest BCUT2D eigenvalue weighted by molar-refractivity contribution is 7.14. The summed E-state index contributed by atoms with van der Waals surface area (Å²) in [5, 5.41) is 9.06. The number of ether oxygens (including phenoxy) is 1. The van der Waals surface area contributed by atoms with Crippen molar-refractivity contribution in [3.63, 3.8) is 0 Å². The highest BCUT2D eigenvalue weighted by Gasteiger charge is 2.06. The first kappa shape index (κ1) is 7.57. The molecule has 0 unspecified atom stereocenters. The molecule has 1 heterocycles. The van der Waals surface area contributed by atoms with Crippen molar-refractivity contribution in [2.45, 2.75) is 0 Å². The second-order valence-electron chi connectivity index (χ2n) is 1.64. The van der Waals surface area contributed by atoms with Gasteiger partial charge in [-0.25, -0.2) is 0 Å².